The van der Waals surface area contributed by atoms with Crippen LogP contribution in [0.5, 0.6) is 11.5 Å². The van der Waals surface area contributed by atoms with Gasteiger partial charge in [-0.25, -0.2) is 4.98 Å². The van der Waals surface area contributed by atoms with Crippen LogP contribution in [0, 0.1) is 0 Å². The van der Waals surface area contributed by atoms with Crippen LogP contribution in [-0.4, -0.2) is 52.2 Å². The fraction of sp³-hybridized carbons (Fsp3) is 0.227. The van der Waals surface area contributed by atoms with Gasteiger partial charge in [0.2, 0.25) is 0 Å². The van der Waals surface area contributed by atoms with Gasteiger partial charge >= 0.3 is 6.18 Å². The smallest absolute Gasteiger partial charge is 0.405 e. The summed E-state index contributed by atoms with van der Waals surface area (Å²) in [5.41, 5.74) is 3.84. The van der Waals surface area contributed by atoms with Gasteiger partial charge < -0.3 is 14.8 Å². The number of nitrogens with zero attached hydrogens (tertiary/aromatic N) is 4. The molecule has 0 spiro atoms. The number of hydrogen-bond acceptors (Lipinski definition) is 5. The van der Waals surface area contributed by atoms with Crippen molar-refractivity contribution in [1.82, 2.24) is 24.6 Å². The summed E-state index contributed by atoms with van der Waals surface area (Å²) >= 11 is 0. The lowest BCUT2D eigenvalue weighted by Gasteiger charge is -2.16. The van der Waals surface area contributed by atoms with Crippen LogP contribution < -0.4 is 14.8 Å². The molecule has 4 aromatic rings. The Kier molecular flexibility index (Phi) is 5.71. The second-order valence-corrected chi connectivity index (χ2v) is 7.24. The fourth-order valence-electron chi connectivity index (χ4n) is 3.50. The Morgan fingerprint density at radius 1 is 1.09 bits per heavy atom. The molecule has 0 fully saturated rings. The Morgan fingerprint density at radius 2 is 1.79 bits per heavy atom. The quantitative estimate of drug-likeness (QED) is 0.475. The van der Waals surface area contributed by atoms with Gasteiger partial charge in [-0.05, 0) is 17.7 Å². The zero-order valence-corrected chi connectivity index (χ0v) is 18.0. The molecule has 33 heavy (non-hydrogen) atoms. The number of nitrogens with one attached hydrogen (secondary N) is 1. The highest BCUT2D eigenvalue weighted by Gasteiger charge is 2.30. The maximum absolute atomic E-state index is 12.5. The number of rotatable bonds is 6. The molecule has 0 saturated carbocycles. The first kappa shape index (κ1) is 22.2. The fourth-order valence-corrected chi connectivity index (χ4v) is 3.50. The van der Waals surface area contributed by atoms with Crippen molar-refractivity contribution in [1.29, 1.82) is 0 Å². The van der Waals surface area contributed by atoms with E-state index in [1.54, 1.807) is 33.9 Å². The van der Waals surface area contributed by atoms with E-state index in [2.05, 4.69) is 10.1 Å². The number of aromatic nitrogens is 4. The van der Waals surface area contributed by atoms with E-state index in [-0.39, 0.29) is 17.1 Å². The van der Waals surface area contributed by atoms with Gasteiger partial charge in [-0.15, -0.1) is 0 Å². The molecule has 1 N–H and O–H groups in total. The van der Waals surface area contributed by atoms with Gasteiger partial charge in [-0.1, -0.05) is 6.07 Å². The Hall–Kier alpha value is -4.02. The molecule has 2 heterocycles. The summed E-state index contributed by atoms with van der Waals surface area (Å²) in [4.78, 5) is 16.9. The summed E-state index contributed by atoms with van der Waals surface area (Å²) in [6.07, 6.45) is 0.725. The van der Waals surface area contributed by atoms with Crippen LogP contribution in [-0.2, 0) is 7.05 Å². The standard InChI is InChI=1S/C22H20F3N5O3/c1-29-10-14(9-28-29)13-4-5-17-16(6-13)27-12-30(17)15-7-18(32-2)20(19(8-15)33-3)21(31)26-11-22(23,24)25/h4-10,12H,11H2,1-3H3,(H,26,31). The number of alkyl halides is 3. The molecule has 0 radical (unpaired) electrons. The van der Waals surface area contributed by atoms with E-state index in [1.165, 1.54) is 14.2 Å². The molecule has 0 aliphatic carbocycles. The van der Waals surface area contributed by atoms with E-state index in [0.717, 1.165) is 22.2 Å². The Bertz CT molecular complexity index is 1300. The highest BCUT2D eigenvalue weighted by Crippen LogP contribution is 2.34. The molecule has 0 aliphatic rings. The average Bonchev–Trinajstić information content (AvgIpc) is 3.41. The van der Waals surface area contributed by atoms with Crippen LogP contribution in [0.15, 0.2) is 49.1 Å². The number of halogens is 3. The molecule has 0 aliphatic heterocycles. The van der Waals surface area contributed by atoms with Gasteiger partial charge in [0.05, 0.1) is 37.1 Å². The lowest BCUT2D eigenvalue weighted by atomic mass is 10.1. The van der Waals surface area contributed by atoms with E-state index in [1.807, 2.05) is 36.8 Å². The third-order valence-corrected chi connectivity index (χ3v) is 5.03. The third-order valence-electron chi connectivity index (χ3n) is 5.03. The van der Waals surface area contributed by atoms with Crippen LogP contribution >= 0.6 is 0 Å². The van der Waals surface area contributed by atoms with Crippen LogP contribution in [0.4, 0.5) is 13.2 Å². The second-order valence-electron chi connectivity index (χ2n) is 7.24. The summed E-state index contributed by atoms with van der Waals surface area (Å²) in [5.74, 6) is -0.820. The molecular formula is C22H20F3N5O3. The Morgan fingerprint density at radius 3 is 2.36 bits per heavy atom. The van der Waals surface area contributed by atoms with Crippen molar-refractivity contribution in [2.75, 3.05) is 20.8 Å². The summed E-state index contributed by atoms with van der Waals surface area (Å²) in [6, 6.07) is 8.84. The molecule has 11 heteroatoms. The monoisotopic (exact) mass is 459 g/mol. The minimum atomic E-state index is -4.54. The number of aryl methyl sites for hydroxylation is 1. The number of imidazole rings is 1. The lowest BCUT2D eigenvalue weighted by molar-refractivity contribution is -0.123. The maximum atomic E-state index is 12.5. The summed E-state index contributed by atoms with van der Waals surface area (Å²) in [5, 5.41) is 6.03. The molecule has 1 amide bonds. The van der Waals surface area contributed by atoms with Crippen molar-refractivity contribution in [3.8, 4) is 28.3 Å². The number of methoxy groups -OCH3 is 2. The first-order valence-corrected chi connectivity index (χ1v) is 9.77. The second kappa shape index (κ2) is 8.49. The van der Waals surface area contributed by atoms with Crippen molar-refractivity contribution in [2.24, 2.45) is 7.05 Å². The van der Waals surface area contributed by atoms with Crippen LogP contribution in [0.25, 0.3) is 27.8 Å². The predicted molar refractivity (Wildman–Crippen MR) is 115 cm³/mol. The summed E-state index contributed by atoms with van der Waals surface area (Å²) < 4.78 is 51.7. The van der Waals surface area contributed by atoms with E-state index >= 15 is 0 Å². The molecule has 4 rings (SSSR count). The van der Waals surface area contributed by atoms with Crippen molar-refractivity contribution < 1.29 is 27.4 Å². The Balaban J connectivity index is 1.74. The molecular weight excluding hydrogens is 439 g/mol. The van der Waals surface area contributed by atoms with Crippen molar-refractivity contribution in [2.45, 2.75) is 6.18 Å². The molecule has 172 valence electrons. The maximum Gasteiger partial charge on any atom is 0.405 e. The number of hydrogen-bond donors (Lipinski definition) is 1. The molecule has 0 bridgehead atoms. The van der Waals surface area contributed by atoms with Crippen LogP contribution in [0.3, 0.4) is 0 Å². The average molecular weight is 459 g/mol. The normalized spacial score (nSPS) is 11.6. The minimum absolute atomic E-state index is 0.0675. The molecule has 0 unspecified atom stereocenters. The number of ether oxygens (including phenoxy) is 2. The zero-order valence-electron chi connectivity index (χ0n) is 18.0. The molecule has 2 aromatic carbocycles. The van der Waals surface area contributed by atoms with E-state index < -0.39 is 18.6 Å². The summed E-state index contributed by atoms with van der Waals surface area (Å²) in [7, 11) is 4.49. The largest absolute Gasteiger partial charge is 0.496 e. The van der Waals surface area contributed by atoms with Gasteiger partial charge in [-0.3, -0.25) is 14.0 Å². The first-order chi connectivity index (χ1) is 15.7. The zero-order chi connectivity index (χ0) is 23.8. The Labute approximate surface area is 186 Å². The van der Waals surface area contributed by atoms with Gasteiger partial charge in [-0.2, -0.15) is 18.3 Å². The topological polar surface area (TPSA) is 83.2 Å². The third kappa shape index (κ3) is 4.47. The van der Waals surface area contributed by atoms with Crippen molar-refractivity contribution in [3.05, 3.63) is 54.6 Å². The first-order valence-electron chi connectivity index (χ1n) is 9.77. The van der Waals surface area contributed by atoms with E-state index in [0.29, 0.717) is 5.69 Å². The van der Waals surface area contributed by atoms with Crippen molar-refractivity contribution >= 4 is 16.9 Å². The van der Waals surface area contributed by atoms with Crippen LogP contribution in [0.2, 0.25) is 0 Å². The highest BCUT2D eigenvalue weighted by atomic mass is 19.4. The number of benzene rings is 2. The van der Waals surface area contributed by atoms with Gasteiger partial charge in [0.1, 0.15) is 29.9 Å². The highest BCUT2D eigenvalue weighted by molar-refractivity contribution is 6.00. The SMILES string of the molecule is COc1cc(-n2cnc3cc(-c4cnn(C)c4)ccc32)cc(OC)c1C(=O)NCC(F)(F)F. The van der Waals surface area contributed by atoms with Gasteiger partial charge in [0.25, 0.3) is 5.91 Å². The van der Waals surface area contributed by atoms with Crippen LogP contribution in [0.1, 0.15) is 10.4 Å². The predicted octanol–water partition coefficient (Wildman–Crippen LogP) is 3.74. The number of amides is 1. The van der Waals surface area contributed by atoms with E-state index in [9.17, 15) is 18.0 Å². The molecule has 8 nitrogen and oxygen atoms in total. The molecule has 2 aromatic heterocycles. The number of carbonyl (C=O) groups excluding carboxylic acids is 1. The van der Waals surface area contributed by atoms with Gasteiger partial charge in [0, 0.05) is 30.9 Å². The number of fused-ring (bicyclic) bond motifs is 1. The minimum Gasteiger partial charge on any atom is -0.496 e. The number of carbonyl (C=O) groups is 1. The molecule has 0 saturated heterocycles. The lowest BCUT2D eigenvalue weighted by Crippen LogP contribution is -2.34. The van der Waals surface area contributed by atoms with E-state index in [4.69, 9.17) is 9.47 Å². The molecule has 0 atom stereocenters. The van der Waals surface area contributed by atoms with Gasteiger partial charge in [0.15, 0.2) is 0 Å². The summed E-state index contributed by atoms with van der Waals surface area (Å²) in [6.45, 7) is -1.47. The van der Waals surface area contributed by atoms with Crippen molar-refractivity contribution in [3.63, 3.8) is 0 Å².